The molecule has 0 aliphatic heterocycles. The van der Waals surface area contributed by atoms with Gasteiger partial charge in [-0.05, 0) is 38.1 Å². The Morgan fingerprint density at radius 1 is 1.21 bits per heavy atom. The van der Waals surface area contributed by atoms with E-state index in [4.69, 9.17) is 4.74 Å². The van der Waals surface area contributed by atoms with Gasteiger partial charge in [0.25, 0.3) is 0 Å². The van der Waals surface area contributed by atoms with Crippen LogP contribution in [0.1, 0.15) is 48.5 Å². The number of esters is 1. The quantitative estimate of drug-likeness (QED) is 0.549. The molecular formula is C16H25NO2. The molecule has 1 aromatic rings. The molecule has 0 saturated heterocycles. The number of rotatable bonds is 9. The molecule has 1 rings (SSSR count). The Morgan fingerprint density at radius 3 is 2.74 bits per heavy atom. The predicted octanol–water partition coefficient (Wildman–Crippen LogP) is 3.19. The zero-order valence-corrected chi connectivity index (χ0v) is 12.1. The zero-order chi connectivity index (χ0) is 13.9. The summed E-state index contributed by atoms with van der Waals surface area (Å²) in [5.74, 6) is -0.191. The first-order chi connectivity index (χ1) is 9.29. The maximum absolute atomic E-state index is 12.0. The lowest BCUT2D eigenvalue weighted by Gasteiger charge is -2.09. The average molecular weight is 263 g/mol. The van der Waals surface area contributed by atoms with Crippen LogP contribution in [0.4, 0.5) is 0 Å². The molecular weight excluding hydrogens is 238 g/mol. The number of carbonyl (C=O) groups excluding carboxylic acids is 1. The number of ether oxygens (including phenoxy) is 1. The van der Waals surface area contributed by atoms with Crippen LogP contribution in [0.5, 0.6) is 0 Å². The lowest BCUT2D eigenvalue weighted by atomic mass is 10.0. The monoisotopic (exact) mass is 263 g/mol. The molecule has 0 amide bonds. The Bertz CT molecular complexity index is 377. The van der Waals surface area contributed by atoms with Gasteiger partial charge in [0.05, 0.1) is 12.2 Å². The molecule has 0 aliphatic carbocycles. The second-order valence-electron chi connectivity index (χ2n) is 4.71. The van der Waals surface area contributed by atoms with Gasteiger partial charge in [0.1, 0.15) is 0 Å². The third kappa shape index (κ3) is 5.88. The van der Waals surface area contributed by atoms with Crippen LogP contribution < -0.4 is 5.32 Å². The molecule has 3 nitrogen and oxygen atoms in total. The first-order valence-corrected chi connectivity index (χ1v) is 7.19. The van der Waals surface area contributed by atoms with Crippen molar-refractivity contribution in [1.29, 1.82) is 0 Å². The minimum absolute atomic E-state index is 0.191. The highest BCUT2D eigenvalue weighted by atomic mass is 16.5. The summed E-state index contributed by atoms with van der Waals surface area (Å²) in [6.07, 6.45) is 5.33. The SMILES string of the molecule is CCCCCCOC(=O)c1ccccc1CCNC. The highest BCUT2D eigenvalue weighted by molar-refractivity contribution is 5.91. The largest absolute Gasteiger partial charge is 0.462 e. The normalized spacial score (nSPS) is 10.4. The van der Waals surface area contributed by atoms with Gasteiger partial charge < -0.3 is 10.1 Å². The van der Waals surface area contributed by atoms with Gasteiger partial charge >= 0.3 is 5.97 Å². The number of hydrogen-bond acceptors (Lipinski definition) is 3. The predicted molar refractivity (Wildman–Crippen MR) is 78.5 cm³/mol. The highest BCUT2D eigenvalue weighted by Gasteiger charge is 2.11. The van der Waals surface area contributed by atoms with Crippen molar-refractivity contribution in [3.63, 3.8) is 0 Å². The van der Waals surface area contributed by atoms with Gasteiger partial charge in [-0.15, -0.1) is 0 Å². The van der Waals surface area contributed by atoms with Gasteiger partial charge in [-0.3, -0.25) is 0 Å². The van der Waals surface area contributed by atoms with Gasteiger partial charge in [-0.1, -0.05) is 44.4 Å². The van der Waals surface area contributed by atoms with E-state index < -0.39 is 0 Å². The van der Waals surface area contributed by atoms with E-state index in [1.807, 2.05) is 31.3 Å². The molecule has 0 bridgehead atoms. The lowest BCUT2D eigenvalue weighted by Crippen LogP contribution is -2.14. The second kappa shape index (κ2) is 9.56. The molecule has 0 spiro atoms. The Labute approximate surface area is 116 Å². The van der Waals surface area contributed by atoms with Crippen molar-refractivity contribution in [1.82, 2.24) is 5.32 Å². The van der Waals surface area contributed by atoms with Crippen LogP contribution in [0.2, 0.25) is 0 Å². The van der Waals surface area contributed by atoms with Crippen molar-refractivity contribution in [2.24, 2.45) is 0 Å². The third-order valence-electron chi connectivity index (χ3n) is 3.11. The van der Waals surface area contributed by atoms with E-state index in [9.17, 15) is 4.79 Å². The van der Waals surface area contributed by atoms with Crippen molar-refractivity contribution in [3.05, 3.63) is 35.4 Å². The van der Waals surface area contributed by atoms with Crippen LogP contribution in [0.25, 0.3) is 0 Å². The molecule has 106 valence electrons. The smallest absolute Gasteiger partial charge is 0.338 e. The summed E-state index contributed by atoms with van der Waals surface area (Å²) >= 11 is 0. The summed E-state index contributed by atoms with van der Waals surface area (Å²) in [5, 5.41) is 3.10. The van der Waals surface area contributed by atoms with Crippen LogP contribution in [0.15, 0.2) is 24.3 Å². The number of hydrogen-bond donors (Lipinski definition) is 1. The fraction of sp³-hybridized carbons (Fsp3) is 0.562. The topological polar surface area (TPSA) is 38.3 Å². The van der Waals surface area contributed by atoms with Gasteiger partial charge in [-0.2, -0.15) is 0 Å². The standard InChI is InChI=1S/C16H25NO2/c1-3-4-5-8-13-19-16(18)15-10-7-6-9-14(15)11-12-17-2/h6-7,9-10,17H,3-5,8,11-13H2,1-2H3. The first kappa shape index (κ1) is 15.7. The van der Waals surface area contributed by atoms with E-state index in [2.05, 4.69) is 12.2 Å². The number of benzene rings is 1. The maximum atomic E-state index is 12.0. The van der Waals surface area contributed by atoms with E-state index in [0.29, 0.717) is 12.2 Å². The molecule has 0 heterocycles. The number of nitrogens with one attached hydrogen (secondary N) is 1. The summed E-state index contributed by atoms with van der Waals surface area (Å²) in [5.41, 5.74) is 1.75. The van der Waals surface area contributed by atoms with Gasteiger partial charge in [0.15, 0.2) is 0 Å². The van der Waals surface area contributed by atoms with E-state index in [1.165, 1.54) is 12.8 Å². The van der Waals surface area contributed by atoms with E-state index in [-0.39, 0.29) is 5.97 Å². The summed E-state index contributed by atoms with van der Waals surface area (Å²) in [6, 6.07) is 7.68. The van der Waals surface area contributed by atoms with Crippen molar-refractivity contribution < 1.29 is 9.53 Å². The lowest BCUT2D eigenvalue weighted by molar-refractivity contribution is 0.0496. The molecule has 0 fully saturated rings. The molecule has 3 heteroatoms. The maximum Gasteiger partial charge on any atom is 0.338 e. The van der Waals surface area contributed by atoms with Crippen molar-refractivity contribution in [2.45, 2.75) is 39.0 Å². The molecule has 0 aromatic heterocycles. The van der Waals surface area contributed by atoms with Crippen LogP contribution in [-0.4, -0.2) is 26.2 Å². The molecule has 1 aromatic carbocycles. The molecule has 0 atom stereocenters. The van der Waals surface area contributed by atoms with Crippen LogP contribution in [0.3, 0.4) is 0 Å². The van der Waals surface area contributed by atoms with Gasteiger partial charge in [-0.25, -0.2) is 4.79 Å². The molecule has 19 heavy (non-hydrogen) atoms. The molecule has 0 radical (unpaired) electrons. The van der Waals surface area contributed by atoms with Crippen molar-refractivity contribution in [3.8, 4) is 0 Å². The van der Waals surface area contributed by atoms with Crippen LogP contribution in [0, 0.1) is 0 Å². The zero-order valence-electron chi connectivity index (χ0n) is 12.1. The summed E-state index contributed by atoms with van der Waals surface area (Å²) in [6.45, 7) is 3.56. The number of unbranched alkanes of at least 4 members (excludes halogenated alkanes) is 3. The minimum Gasteiger partial charge on any atom is -0.462 e. The van der Waals surface area contributed by atoms with Gasteiger partial charge in [0, 0.05) is 0 Å². The molecule has 0 saturated carbocycles. The van der Waals surface area contributed by atoms with E-state index >= 15 is 0 Å². The Morgan fingerprint density at radius 2 is 2.00 bits per heavy atom. The fourth-order valence-corrected chi connectivity index (χ4v) is 1.97. The van der Waals surface area contributed by atoms with Gasteiger partial charge in [0.2, 0.25) is 0 Å². The number of carbonyl (C=O) groups is 1. The second-order valence-corrected chi connectivity index (χ2v) is 4.71. The third-order valence-corrected chi connectivity index (χ3v) is 3.11. The highest BCUT2D eigenvalue weighted by Crippen LogP contribution is 2.11. The molecule has 1 N–H and O–H groups in total. The molecule has 0 unspecified atom stereocenters. The van der Waals surface area contributed by atoms with Crippen LogP contribution >= 0.6 is 0 Å². The number of likely N-dealkylation sites (N-methyl/N-ethyl adjacent to an activating group) is 1. The van der Waals surface area contributed by atoms with Crippen LogP contribution in [-0.2, 0) is 11.2 Å². The minimum atomic E-state index is -0.191. The van der Waals surface area contributed by atoms with Crippen molar-refractivity contribution >= 4 is 5.97 Å². The summed E-state index contributed by atoms with van der Waals surface area (Å²) in [4.78, 5) is 12.0. The van der Waals surface area contributed by atoms with Crippen molar-refractivity contribution in [2.75, 3.05) is 20.2 Å². The fourth-order valence-electron chi connectivity index (χ4n) is 1.97. The van der Waals surface area contributed by atoms with E-state index in [0.717, 1.165) is 31.4 Å². The molecule has 0 aliphatic rings. The first-order valence-electron chi connectivity index (χ1n) is 7.19. The van der Waals surface area contributed by atoms with E-state index in [1.54, 1.807) is 0 Å². The Kier molecular flexibility index (Phi) is 7.91. The summed E-state index contributed by atoms with van der Waals surface area (Å²) in [7, 11) is 1.91. The average Bonchev–Trinajstić information content (AvgIpc) is 2.45. The summed E-state index contributed by atoms with van der Waals surface area (Å²) < 4.78 is 5.34. The Hall–Kier alpha value is -1.35. The Balaban J connectivity index is 2.46.